The number of aliphatic carboxylic acids is 1. The van der Waals surface area contributed by atoms with E-state index in [1.807, 2.05) is 134 Å². The summed E-state index contributed by atoms with van der Waals surface area (Å²) in [5, 5.41) is 49.6. The zero-order chi connectivity index (χ0) is 81.4. The Morgan fingerprint density at radius 3 is 1.35 bits per heavy atom. The molecule has 16 rings (SSSR count). The quantitative estimate of drug-likeness (QED) is 0.0417. The van der Waals surface area contributed by atoms with Gasteiger partial charge in [0.25, 0.3) is 11.1 Å². The molecule has 8 aliphatic rings. The SMILES string of the molecule is NCCc1ccccc1.O=C(N[C@H]1CCCCC/C=C\C2C[C@@]2(C(=O)NCCc2ccccc2)NC(=O)[C@@H]2C[C@@H](n3ncc(-c4ccsc4)c(-c4ccsc4)c3=O)CN2C1=O)OC1CCCC1.O=C(N[C@H]1CCCCC/C=C\C2C[C@@]2(C(=O)O)NC(=O)[C@@H]2C[C@@H](n3ncc(-c4ccsc4)c(-c4ccsc4)c3=O)CN2C1=O)OC1CCCC1. The summed E-state index contributed by atoms with van der Waals surface area (Å²) in [5.74, 6) is -3.95. The lowest BCUT2D eigenvalue weighted by Gasteiger charge is -2.30. The van der Waals surface area contributed by atoms with Gasteiger partial charge in [0, 0.05) is 55.4 Å². The maximum absolute atomic E-state index is 14.8. The second kappa shape index (κ2) is 38.9. The molecule has 4 aliphatic carbocycles. The monoisotopic (exact) mass is 1660 g/mol. The Labute approximate surface area is 695 Å². The maximum atomic E-state index is 14.8. The van der Waals surface area contributed by atoms with E-state index in [1.54, 1.807) is 12.4 Å². The van der Waals surface area contributed by atoms with Crippen LogP contribution >= 0.6 is 45.3 Å². The maximum Gasteiger partial charge on any atom is 0.408 e. The number of nitrogens with one attached hydrogen (secondary N) is 5. The van der Waals surface area contributed by atoms with Crippen LogP contribution in [-0.4, -0.2) is 156 Å². The van der Waals surface area contributed by atoms with Gasteiger partial charge < -0.3 is 56.7 Å². The van der Waals surface area contributed by atoms with Crippen molar-refractivity contribution in [3.8, 4) is 44.5 Å². The predicted molar refractivity (Wildman–Crippen MR) is 452 cm³/mol. The molecular weight excluding hydrogens is 1560 g/mol. The molecule has 0 spiro atoms. The van der Waals surface area contributed by atoms with Crippen LogP contribution < -0.4 is 43.4 Å². The van der Waals surface area contributed by atoms with Gasteiger partial charge in [-0.2, -0.15) is 55.5 Å². The van der Waals surface area contributed by atoms with Gasteiger partial charge in [0.05, 0.1) is 35.6 Å². The molecule has 25 nitrogen and oxygen atoms in total. The zero-order valence-corrected chi connectivity index (χ0v) is 68.7. The molecular formula is C88H102N12O13S4. The number of thiophene rings is 4. The van der Waals surface area contributed by atoms with Crippen molar-refractivity contribution in [2.24, 2.45) is 17.6 Å². The highest BCUT2D eigenvalue weighted by atomic mass is 32.1. The molecule has 4 saturated carbocycles. The van der Waals surface area contributed by atoms with Crippen LogP contribution in [0.4, 0.5) is 9.59 Å². The number of ether oxygens (including phenoxy) is 2. The fourth-order valence-electron chi connectivity index (χ4n) is 17.2. The van der Waals surface area contributed by atoms with Crippen LogP contribution in [0, 0.1) is 11.8 Å². The lowest BCUT2D eigenvalue weighted by Crippen LogP contribution is -2.58. The molecule has 8 N–H and O–H groups in total. The number of nitrogens with two attached hydrogens (primary N) is 1. The van der Waals surface area contributed by atoms with E-state index in [0.717, 1.165) is 131 Å². The lowest BCUT2D eigenvalue weighted by atomic mass is 10.0. The first-order chi connectivity index (χ1) is 57.0. The van der Waals surface area contributed by atoms with Crippen molar-refractivity contribution in [1.82, 2.24) is 55.9 Å². The topological polar surface area (TPSA) is 338 Å². The number of nitrogens with zero attached hydrogens (tertiary/aromatic N) is 6. The van der Waals surface area contributed by atoms with Crippen LogP contribution in [0.5, 0.6) is 0 Å². The summed E-state index contributed by atoms with van der Waals surface area (Å²) in [7, 11) is 0. The molecule has 10 atom stereocenters. The van der Waals surface area contributed by atoms with E-state index in [9.17, 15) is 53.1 Å². The minimum Gasteiger partial charge on any atom is -0.479 e. The van der Waals surface area contributed by atoms with Crippen molar-refractivity contribution in [3.05, 3.63) is 197 Å². The molecule has 2 aromatic carbocycles. The smallest absolute Gasteiger partial charge is 0.408 e. The molecule has 10 heterocycles. The first kappa shape index (κ1) is 83.3. The molecule has 8 aromatic rings. The molecule has 6 aromatic heterocycles. The van der Waals surface area contributed by atoms with Crippen molar-refractivity contribution < 1.29 is 52.9 Å². The van der Waals surface area contributed by atoms with Crippen LogP contribution in [0.1, 0.15) is 164 Å². The van der Waals surface area contributed by atoms with Gasteiger partial charge in [-0.1, -0.05) is 111 Å². The highest BCUT2D eigenvalue weighted by Gasteiger charge is 2.63. The standard InChI is InChI=1S/C44H50N6O6S2.C36H41N5O7S2.C8H11N/c51-39-37-23-33(50-41(53)38(31-19-22-58-28-31)35(25-46-50)30-18-21-57-27-30)26-49(37)40(52)36(47-43(55)56-34-14-9-10-15-34)16-8-3-1-2-7-13-32-24-44(32,48-39)42(54)45-20-17-29-11-5-4-6-12-29;42-31-29-16-25(41-33(44)30(23-13-15-50-21-23)27(18-37-41)22-12-14-49-20-22)19-40(29)32(43)28(38-35(47)48-26-9-6-7-10-26)11-5-3-1-2-4-8-24-17-36(24,39-31)34(45)46;9-7-6-8-4-2-1-3-5-8/h4-7,11-13,18-19,21-22,25,27-28,32-34,36-37H,1-3,8-10,14-17,20,23-24,26H2,(H,45,54)(H,47,55)(H,48,51);4,8,12-15,18,20-21,24-26,28-29H,1-3,5-7,9-11,16-17,19H2,(H,38,47)(H,39,42)(H,45,46);1-5H,6-7,9H2/b13-7-;8-4-;/t32?,33-,36+,37+,44-;24?,25-,28+,29+,36-;/m11./s1. The van der Waals surface area contributed by atoms with Gasteiger partial charge in [0.1, 0.15) is 47.5 Å². The minimum atomic E-state index is -1.47. The molecule has 0 radical (unpaired) electrons. The molecule has 29 heteroatoms. The first-order valence-electron chi connectivity index (χ1n) is 41.1. The Bertz CT molecular complexity index is 4930. The van der Waals surface area contributed by atoms with Crippen LogP contribution in [0.25, 0.3) is 44.5 Å². The summed E-state index contributed by atoms with van der Waals surface area (Å²) in [6, 6.07) is 22.4. The van der Waals surface area contributed by atoms with E-state index in [1.165, 1.54) is 70.1 Å². The third kappa shape index (κ3) is 20.0. The van der Waals surface area contributed by atoms with E-state index in [0.29, 0.717) is 67.3 Å². The van der Waals surface area contributed by atoms with Gasteiger partial charge >= 0.3 is 18.2 Å². The Kier molecular flexibility index (Phi) is 27.7. The number of carboxylic acid groups (broad SMARTS) is 1. The molecule has 7 amide bonds. The number of hydrogen-bond donors (Lipinski definition) is 7. The fourth-order valence-corrected chi connectivity index (χ4v) is 19.8. The number of rotatable bonds is 17. The van der Waals surface area contributed by atoms with Crippen LogP contribution in [0.15, 0.2) is 174 Å². The van der Waals surface area contributed by atoms with Crippen LogP contribution in [-0.2, 0) is 51.1 Å². The van der Waals surface area contributed by atoms with Crippen LogP contribution in [0.2, 0.25) is 0 Å². The number of amides is 7. The molecule has 4 aliphatic heterocycles. The Balaban J connectivity index is 0.000000175. The number of carbonyl (C=O) groups excluding carboxylic acids is 7. The highest BCUT2D eigenvalue weighted by molar-refractivity contribution is 7.09. The van der Waals surface area contributed by atoms with Crippen molar-refractivity contribution in [3.63, 3.8) is 0 Å². The fraction of sp³-hybridized carbons (Fsp3) is 0.455. The van der Waals surface area contributed by atoms with Gasteiger partial charge in [-0.05, 0) is 223 Å². The zero-order valence-electron chi connectivity index (χ0n) is 65.5. The molecule has 616 valence electrons. The second-order valence-corrected chi connectivity index (χ2v) is 34.8. The lowest BCUT2D eigenvalue weighted by molar-refractivity contribution is -0.145. The minimum absolute atomic E-state index is 0.0140. The predicted octanol–water partition coefficient (Wildman–Crippen LogP) is 13.2. The number of allylic oxidation sites excluding steroid dienone is 2. The number of fused-ring (bicyclic) bond motifs is 4. The summed E-state index contributed by atoms with van der Waals surface area (Å²) in [6.45, 7) is 1.13. The summed E-state index contributed by atoms with van der Waals surface area (Å²) in [6.07, 6.45) is 26.0. The molecule has 0 bridgehead atoms. The summed E-state index contributed by atoms with van der Waals surface area (Å²) in [4.78, 5) is 143. The van der Waals surface area contributed by atoms with Gasteiger partial charge in [0.15, 0.2) is 0 Å². The number of carboxylic acids is 1. The van der Waals surface area contributed by atoms with Crippen molar-refractivity contribution >= 4 is 93.0 Å². The normalized spacial score (nSPS) is 25.5. The Hall–Kier alpha value is -10.2. The number of hydrogen-bond acceptors (Lipinski definition) is 19. The van der Waals surface area contributed by atoms with E-state index in [4.69, 9.17) is 15.2 Å². The van der Waals surface area contributed by atoms with Crippen molar-refractivity contribution in [1.29, 1.82) is 0 Å². The molecule has 6 fully saturated rings. The Morgan fingerprint density at radius 2 is 0.923 bits per heavy atom. The van der Waals surface area contributed by atoms with Gasteiger partial charge in [-0.25, -0.2) is 23.7 Å². The molecule has 2 unspecified atom stereocenters. The van der Waals surface area contributed by atoms with E-state index in [2.05, 4.69) is 55.0 Å². The largest absolute Gasteiger partial charge is 0.479 e. The van der Waals surface area contributed by atoms with E-state index in [-0.39, 0.29) is 73.4 Å². The van der Waals surface area contributed by atoms with E-state index >= 15 is 0 Å². The third-order valence-corrected chi connectivity index (χ3v) is 26.6. The van der Waals surface area contributed by atoms with Crippen LogP contribution in [0.3, 0.4) is 0 Å². The first-order valence-corrected chi connectivity index (χ1v) is 44.9. The number of alkyl carbamates (subject to hydrolysis) is 2. The molecule has 117 heavy (non-hydrogen) atoms. The average molecular weight is 1660 g/mol. The molecule has 2 saturated heterocycles. The van der Waals surface area contributed by atoms with Crippen molar-refractivity contribution in [2.75, 3.05) is 26.2 Å². The van der Waals surface area contributed by atoms with E-state index < -0.39 is 89.1 Å². The Morgan fingerprint density at radius 1 is 0.513 bits per heavy atom. The van der Waals surface area contributed by atoms with Crippen molar-refractivity contribution in [2.45, 2.75) is 214 Å². The number of aromatic nitrogens is 4. The average Bonchev–Trinajstić information content (AvgIpc) is 1.59. The second-order valence-electron chi connectivity index (χ2n) is 31.7. The van der Waals surface area contributed by atoms with Gasteiger partial charge in [-0.3, -0.25) is 33.6 Å². The summed E-state index contributed by atoms with van der Waals surface area (Å²) >= 11 is 6.01. The van der Waals surface area contributed by atoms with Gasteiger partial charge in [-0.15, -0.1) is 0 Å². The number of carbonyl (C=O) groups is 8. The third-order valence-electron chi connectivity index (χ3n) is 23.8. The summed E-state index contributed by atoms with van der Waals surface area (Å²) < 4.78 is 14.1. The summed E-state index contributed by atoms with van der Waals surface area (Å²) in [5.41, 5.74) is 10.1. The van der Waals surface area contributed by atoms with Gasteiger partial charge in [0.2, 0.25) is 29.5 Å². The highest BCUT2D eigenvalue weighted by Crippen LogP contribution is 2.48. The number of benzene rings is 2.